The van der Waals surface area contributed by atoms with Crippen LogP contribution in [0.25, 0.3) is 0 Å². The van der Waals surface area contributed by atoms with Crippen molar-refractivity contribution >= 4 is 6.03 Å². The lowest BCUT2D eigenvalue weighted by atomic mass is 10.1. The van der Waals surface area contributed by atoms with Gasteiger partial charge >= 0.3 is 6.03 Å². The highest BCUT2D eigenvalue weighted by atomic mass is 16.5. The van der Waals surface area contributed by atoms with Gasteiger partial charge in [-0.2, -0.15) is 0 Å². The maximum absolute atomic E-state index is 11.6. The van der Waals surface area contributed by atoms with E-state index < -0.39 is 0 Å². The number of rotatable bonds is 8. The summed E-state index contributed by atoms with van der Waals surface area (Å²) in [6.07, 6.45) is 2.75. The Morgan fingerprint density at radius 2 is 2.10 bits per heavy atom. The molecule has 1 aromatic rings. The third-order valence-corrected chi connectivity index (χ3v) is 3.87. The molecule has 5 heteroatoms. The van der Waals surface area contributed by atoms with Crippen LogP contribution in [-0.2, 0) is 0 Å². The van der Waals surface area contributed by atoms with Gasteiger partial charge in [0.25, 0.3) is 0 Å². The summed E-state index contributed by atoms with van der Waals surface area (Å²) in [5.41, 5.74) is 1.06. The fourth-order valence-corrected chi connectivity index (χ4v) is 2.07. The second-order valence-corrected chi connectivity index (χ2v) is 5.74. The van der Waals surface area contributed by atoms with E-state index in [1.54, 1.807) is 0 Å². The molecule has 0 aliphatic heterocycles. The van der Waals surface area contributed by atoms with Crippen molar-refractivity contribution < 1.29 is 14.6 Å². The molecule has 0 aromatic heterocycles. The van der Waals surface area contributed by atoms with E-state index in [1.807, 2.05) is 31.2 Å². The summed E-state index contributed by atoms with van der Waals surface area (Å²) < 4.78 is 5.66. The first-order valence-corrected chi connectivity index (χ1v) is 7.46. The fourth-order valence-electron chi connectivity index (χ4n) is 2.07. The third-order valence-electron chi connectivity index (χ3n) is 3.87. The minimum absolute atomic E-state index is 0.0503. The molecule has 1 aliphatic rings. The van der Waals surface area contributed by atoms with E-state index in [4.69, 9.17) is 9.84 Å². The Bertz CT molecular complexity index is 472. The molecule has 0 atom stereocenters. The SMILES string of the molecule is Cc1ccccc1OCCCNC(=O)NCC1(CO)CC1. The molecular weight excluding hydrogens is 268 g/mol. The summed E-state index contributed by atoms with van der Waals surface area (Å²) in [4.78, 5) is 11.6. The zero-order valence-electron chi connectivity index (χ0n) is 12.5. The maximum atomic E-state index is 11.6. The number of nitrogens with one attached hydrogen (secondary N) is 2. The number of carbonyl (C=O) groups is 1. The summed E-state index contributed by atoms with van der Waals surface area (Å²) in [7, 11) is 0. The topological polar surface area (TPSA) is 70.6 Å². The number of aliphatic hydroxyl groups is 1. The number of para-hydroxylation sites is 1. The molecule has 1 aromatic carbocycles. The van der Waals surface area contributed by atoms with Crippen LogP contribution in [-0.4, -0.2) is 37.4 Å². The average Bonchev–Trinajstić information content (AvgIpc) is 3.27. The van der Waals surface area contributed by atoms with Gasteiger partial charge in [-0.3, -0.25) is 0 Å². The lowest BCUT2D eigenvalue weighted by Crippen LogP contribution is -2.40. The maximum Gasteiger partial charge on any atom is 0.314 e. The summed E-state index contributed by atoms with van der Waals surface area (Å²) in [5, 5.41) is 14.8. The van der Waals surface area contributed by atoms with E-state index >= 15 is 0 Å². The Hall–Kier alpha value is -1.75. The van der Waals surface area contributed by atoms with E-state index in [0.29, 0.717) is 19.7 Å². The molecule has 0 bridgehead atoms. The molecule has 0 unspecified atom stereocenters. The first-order valence-electron chi connectivity index (χ1n) is 7.46. The smallest absolute Gasteiger partial charge is 0.314 e. The van der Waals surface area contributed by atoms with Gasteiger partial charge in [-0.05, 0) is 37.8 Å². The fraction of sp³-hybridized carbons (Fsp3) is 0.562. The van der Waals surface area contributed by atoms with Crippen molar-refractivity contribution in [3.05, 3.63) is 29.8 Å². The van der Waals surface area contributed by atoms with Crippen LogP contribution in [0, 0.1) is 12.3 Å². The number of urea groups is 1. The standard InChI is InChI=1S/C16H24N2O3/c1-13-5-2-3-6-14(13)21-10-4-9-17-15(20)18-11-16(12-19)7-8-16/h2-3,5-6,19H,4,7-12H2,1H3,(H2,17,18,20). The molecule has 116 valence electrons. The molecule has 5 nitrogen and oxygen atoms in total. The zero-order valence-corrected chi connectivity index (χ0v) is 12.5. The number of amides is 2. The van der Waals surface area contributed by atoms with Crippen molar-refractivity contribution in [3.63, 3.8) is 0 Å². The van der Waals surface area contributed by atoms with Crippen molar-refractivity contribution in [1.29, 1.82) is 0 Å². The Balaban J connectivity index is 1.53. The molecule has 21 heavy (non-hydrogen) atoms. The largest absolute Gasteiger partial charge is 0.493 e. The highest BCUT2D eigenvalue weighted by Crippen LogP contribution is 2.44. The van der Waals surface area contributed by atoms with Gasteiger partial charge in [0.1, 0.15) is 5.75 Å². The van der Waals surface area contributed by atoms with Gasteiger partial charge in [-0.25, -0.2) is 4.79 Å². The van der Waals surface area contributed by atoms with Gasteiger partial charge in [0.15, 0.2) is 0 Å². The van der Waals surface area contributed by atoms with Crippen LogP contribution >= 0.6 is 0 Å². The quantitative estimate of drug-likeness (QED) is 0.640. The van der Waals surface area contributed by atoms with E-state index in [2.05, 4.69) is 10.6 Å². The van der Waals surface area contributed by atoms with Crippen molar-refractivity contribution in [2.24, 2.45) is 5.41 Å². The number of carbonyl (C=O) groups excluding carboxylic acids is 1. The Kier molecular flexibility index (Phi) is 5.44. The van der Waals surface area contributed by atoms with Gasteiger partial charge in [-0.15, -0.1) is 0 Å². The highest BCUT2D eigenvalue weighted by Gasteiger charge is 2.41. The van der Waals surface area contributed by atoms with Gasteiger partial charge in [0.05, 0.1) is 13.2 Å². The first kappa shape index (κ1) is 15.6. The van der Waals surface area contributed by atoms with Crippen molar-refractivity contribution in [1.82, 2.24) is 10.6 Å². The van der Waals surface area contributed by atoms with Gasteiger partial charge in [0.2, 0.25) is 0 Å². The van der Waals surface area contributed by atoms with Crippen LogP contribution in [0.15, 0.2) is 24.3 Å². The molecule has 0 heterocycles. The molecule has 1 aliphatic carbocycles. The zero-order chi connectivity index (χ0) is 15.1. The van der Waals surface area contributed by atoms with Crippen LogP contribution in [0.3, 0.4) is 0 Å². The third kappa shape index (κ3) is 4.93. The van der Waals surface area contributed by atoms with Gasteiger partial charge in [0, 0.05) is 18.5 Å². The molecule has 0 spiro atoms. The molecule has 1 fully saturated rings. The molecule has 3 N–H and O–H groups in total. The molecule has 1 saturated carbocycles. The number of ether oxygens (including phenoxy) is 1. The molecule has 0 saturated heterocycles. The van der Waals surface area contributed by atoms with Crippen molar-refractivity contribution in [2.45, 2.75) is 26.2 Å². The van der Waals surface area contributed by atoms with Crippen LogP contribution in [0.4, 0.5) is 4.79 Å². The van der Waals surface area contributed by atoms with Crippen LogP contribution < -0.4 is 15.4 Å². The normalized spacial score (nSPS) is 15.3. The molecular formula is C16H24N2O3. The van der Waals surface area contributed by atoms with E-state index in [-0.39, 0.29) is 18.1 Å². The minimum atomic E-state index is -0.175. The number of aryl methyl sites for hydroxylation is 1. The van der Waals surface area contributed by atoms with E-state index in [9.17, 15) is 4.79 Å². The van der Waals surface area contributed by atoms with Crippen LogP contribution in [0.5, 0.6) is 5.75 Å². The molecule has 0 radical (unpaired) electrons. The summed E-state index contributed by atoms with van der Waals surface area (Å²) in [5.74, 6) is 0.889. The second-order valence-electron chi connectivity index (χ2n) is 5.74. The van der Waals surface area contributed by atoms with Crippen molar-refractivity contribution in [3.8, 4) is 5.75 Å². The number of hydrogen-bond acceptors (Lipinski definition) is 3. The summed E-state index contributed by atoms with van der Waals surface area (Å²) >= 11 is 0. The summed E-state index contributed by atoms with van der Waals surface area (Å²) in [6, 6.07) is 7.70. The lowest BCUT2D eigenvalue weighted by Gasteiger charge is -2.13. The van der Waals surface area contributed by atoms with Gasteiger partial charge in [-0.1, -0.05) is 18.2 Å². The Morgan fingerprint density at radius 3 is 2.76 bits per heavy atom. The predicted molar refractivity (Wildman–Crippen MR) is 81.4 cm³/mol. The predicted octanol–water partition coefficient (Wildman–Crippen LogP) is 1.84. The Labute approximate surface area is 125 Å². The number of aliphatic hydroxyl groups excluding tert-OH is 1. The molecule has 2 amide bonds. The van der Waals surface area contributed by atoms with Crippen LogP contribution in [0.1, 0.15) is 24.8 Å². The summed E-state index contributed by atoms with van der Waals surface area (Å²) in [6.45, 7) is 3.86. The highest BCUT2D eigenvalue weighted by molar-refractivity contribution is 5.73. The van der Waals surface area contributed by atoms with E-state index in [1.165, 1.54) is 0 Å². The molecule has 2 rings (SSSR count). The monoisotopic (exact) mass is 292 g/mol. The first-order chi connectivity index (χ1) is 10.2. The van der Waals surface area contributed by atoms with E-state index in [0.717, 1.165) is 30.6 Å². The lowest BCUT2D eigenvalue weighted by molar-refractivity contribution is 0.202. The second kappa shape index (κ2) is 7.31. The van der Waals surface area contributed by atoms with Crippen molar-refractivity contribution in [2.75, 3.05) is 26.3 Å². The Morgan fingerprint density at radius 1 is 1.33 bits per heavy atom. The minimum Gasteiger partial charge on any atom is -0.493 e. The average molecular weight is 292 g/mol. The number of hydrogen-bond donors (Lipinski definition) is 3. The van der Waals surface area contributed by atoms with Gasteiger partial charge < -0.3 is 20.5 Å². The number of benzene rings is 1. The van der Waals surface area contributed by atoms with Crippen LogP contribution in [0.2, 0.25) is 0 Å².